The minimum absolute atomic E-state index is 0.0960. The van der Waals surface area contributed by atoms with Crippen LogP contribution in [0, 0.1) is 5.82 Å². The van der Waals surface area contributed by atoms with Crippen molar-refractivity contribution in [1.82, 2.24) is 9.97 Å². The van der Waals surface area contributed by atoms with Gasteiger partial charge in [-0.2, -0.15) is 0 Å². The second-order valence-electron chi connectivity index (χ2n) is 4.83. The standard InChI is InChI=1S/C15H11BrFN3O2S/c1-23(22)20-9-2-3-13(17)11(5-9)14(21)12-7-19-15-10(12)4-8(16)6-18-15/h2-7,20H,1H3,(H,18,19). The van der Waals surface area contributed by atoms with Gasteiger partial charge in [0.2, 0.25) is 0 Å². The first kappa shape index (κ1) is 15.8. The number of hydrogen-bond donors (Lipinski definition) is 2. The summed E-state index contributed by atoms with van der Waals surface area (Å²) in [4.78, 5) is 19.7. The number of nitrogens with one attached hydrogen (secondary N) is 2. The first-order chi connectivity index (χ1) is 11.0. The summed E-state index contributed by atoms with van der Waals surface area (Å²) in [6.07, 6.45) is 4.56. The Balaban J connectivity index is 2.08. The van der Waals surface area contributed by atoms with E-state index in [1.54, 1.807) is 12.3 Å². The van der Waals surface area contributed by atoms with Gasteiger partial charge in [-0.05, 0) is 40.2 Å². The van der Waals surface area contributed by atoms with Crippen LogP contribution < -0.4 is 4.72 Å². The van der Waals surface area contributed by atoms with Gasteiger partial charge < -0.3 is 9.71 Å². The summed E-state index contributed by atoms with van der Waals surface area (Å²) in [5, 5.41) is 0.598. The Kier molecular flexibility index (Phi) is 4.27. The van der Waals surface area contributed by atoms with E-state index >= 15 is 0 Å². The number of ketones is 1. The van der Waals surface area contributed by atoms with Crippen LogP contribution in [0.25, 0.3) is 11.0 Å². The van der Waals surface area contributed by atoms with E-state index in [1.165, 1.54) is 30.7 Å². The van der Waals surface area contributed by atoms with Crippen LogP contribution in [0.2, 0.25) is 0 Å². The van der Waals surface area contributed by atoms with E-state index < -0.39 is 22.6 Å². The SMILES string of the molecule is CS(=O)Nc1ccc(F)c(C(=O)c2c[nH]c3ncc(Br)cc23)c1. The van der Waals surface area contributed by atoms with Crippen LogP contribution in [0.15, 0.2) is 41.1 Å². The lowest BCUT2D eigenvalue weighted by molar-refractivity contribution is 0.103. The molecule has 0 spiro atoms. The van der Waals surface area contributed by atoms with E-state index in [-0.39, 0.29) is 5.56 Å². The van der Waals surface area contributed by atoms with Crippen molar-refractivity contribution in [1.29, 1.82) is 0 Å². The number of carbonyl (C=O) groups is 1. The molecule has 8 heteroatoms. The van der Waals surface area contributed by atoms with E-state index in [4.69, 9.17) is 0 Å². The summed E-state index contributed by atoms with van der Waals surface area (Å²) in [5.74, 6) is -1.11. The highest BCUT2D eigenvalue weighted by Gasteiger charge is 2.19. The minimum Gasteiger partial charge on any atom is -0.345 e. The van der Waals surface area contributed by atoms with Crippen LogP contribution in [0.1, 0.15) is 15.9 Å². The number of H-pyrrole nitrogens is 1. The Hall–Kier alpha value is -2.06. The number of aromatic nitrogens is 2. The number of rotatable bonds is 4. The molecule has 118 valence electrons. The number of halogens is 2. The van der Waals surface area contributed by atoms with Gasteiger partial charge in [-0.3, -0.25) is 4.79 Å². The van der Waals surface area contributed by atoms with Crippen molar-refractivity contribution >= 4 is 49.4 Å². The van der Waals surface area contributed by atoms with E-state index in [0.29, 0.717) is 22.3 Å². The lowest BCUT2D eigenvalue weighted by Crippen LogP contribution is -2.07. The predicted molar refractivity (Wildman–Crippen MR) is 91.3 cm³/mol. The van der Waals surface area contributed by atoms with Gasteiger partial charge in [0.25, 0.3) is 0 Å². The molecule has 23 heavy (non-hydrogen) atoms. The Morgan fingerprint density at radius 2 is 2.13 bits per heavy atom. The number of benzene rings is 1. The average molecular weight is 396 g/mol. The third-order valence-corrected chi connectivity index (χ3v) is 4.17. The molecule has 3 rings (SSSR count). The smallest absolute Gasteiger partial charge is 0.198 e. The number of aromatic amines is 1. The highest BCUT2D eigenvalue weighted by molar-refractivity contribution is 9.10. The predicted octanol–water partition coefficient (Wildman–Crippen LogP) is 3.40. The molecule has 1 atom stereocenters. The molecule has 0 aliphatic carbocycles. The quantitative estimate of drug-likeness (QED) is 0.664. The van der Waals surface area contributed by atoms with Crippen LogP contribution in [0.5, 0.6) is 0 Å². The first-order valence-electron chi connectivity index (χ1n) is 6.52. The number of pyridine rings is 1. The molecule has 1 aromatic carbocycles. The lowest BCUT2D eigenvalue weighted by atomic mass is 10.0. The van der Waals surface area contributed by atoms with Crippen molar-refractivity contribution in [3.8, 4) is 0 Å². The summed E-state index contributed by atoms with van der Waals surface area (Å²) in [7, 11) is -1.31. The second kappa shape index (κ2) is 6.21. The third-order valence-electron chi connectivity index (χ3n) is 3.21. The van der Waals surface area contributed by atoms with E-state index in [1.807, 2.05) is 0 Å². The fourth-order valence-electron chi connectivity index (χ4n) is 2.24. The number of nitrogens with zero attached hydrogens (tertiary/aromatic N) is 1. The summed E-state index contributed by atoms with van der Waals surface area (Å²) >= 11 is 3.30. The van der Waals surface area contributed by atoms with Gasteiger partial charge in [0.1, 0.15) is 22.5 Å². The van der Waals surface area contributed by atoms with Gasteiger partial charge in [0.15, 0.2) is 5.78 Å². The Labute approximate surface area is 142 Å². The molecule has 0 bridgehead atoms. The zero-order chi connectivity index (χ0) is 16.6. The van der Waals surface area contributed by atoms with Gasteiger partial charge in [0, 0.05) is 39.8 Å². The number of carbonyl (C=O) groups excluding carboxylic acids is 1. The van der Waals surface area contributed by atoms with Crippen molar-refractivity contribution in [2.24, 2.45) is 0 Å². The van der Waals surface area contributed by atoms with Gasteiger partial charge in [-0.25, -0.2) is 13.6 Å². The lowest BCUT2D eigenvalue weighted by Gasteiger charge is -2.06. The van der Waals surface area contributed by atoms with Crippen molar-refractivity contribution < 1.29 is 13.4 Å². The van der Waals surface area contributed by atoms with Gasteiger partial charge in [-0.1, -0.05) is 0 Å². The summed E-state index contributed by atoms with van der Waals surface area (Å²) in [6, 6.07) is 5.70. The van der Waals surface area contributed by atoms with Crippen LogP contribution >= 0.6 is 15.9 Å². The maximum absolute atomic E-state index is 14.1. The molecule has 0 aliphatic heterocycles. The highest BCUT2D eigenvalue weighted by Crippen LogP contribution is 2.25. The molecule has 5 nitrogen and oxygen atoms in total. The maximum Gasteiger partial charge on any atom is 0.198 e. The van der Waals surface area contributed by atoms with Crippen molar-refractivity contribution in [2.45, 2.75) is 0 Å². The Morgan fingerprint density at radius 1 is 1.35 bits per heavy atom. The zero-order valence-corrected chi connectivity index (χ0v) is 14.3. The van der Waals surface area contributed by atoms with E-state index in [9.17, 15) is 13.4 Å². The molecular formula is C15H11BrFN3O2S. The van der Waals surface area contributed by atoms with Crippen molar-refractivity contribution in [3.05, 3.63) is 58.1 Å². The average Bonchev–Trinajstić information content (AvgIpc) is 2.91. The van der Waals surface area contributed by atoms with Crippen molar-refractivity contribution in [2.75, 3.05) is 11.0 Å². The molecular weight excluding hydrogens is 385 g/mol. The monoisotopic (exact) mass is 395 g/mol. The van der Waals surface area contributed by atoms with Crippen LogP contribution in [0.4, 0.5) is 10.1 Å². The second-order valence-corrected chi connectivity index (χ2v) is 6.86. The Bertz CT molecular complexity index is 942. The van der Waals surface area contributed by atoms with Gasteiger partial charge >= 0.3 is 0 Å². The Morgan fingerprint density at radius 3 is 2.87 bits per heavy atom. The molecule has 0 fully saturated rings. The fraction of sp³-hybridized carbons (Fsp3) is 0.0667. The van der Waals surface area contributed by atoms with Gasteiger partial charge in [0.05, 0.1) is 5.56 Å². The number of anilines is 1. The summed E-state index contributed by atoms with van der Waals surface area (Å²) in [5.41, 5.74) is 1.18. The normalized spacial score (nSPS) is 12.3. The number of hydrogen-bond acceptors (Lipinski definition) is 3. The molecule has 0 saturated heterocycles. The molecule has 0 amide bonds. The summed E-state index contributed by atoms with van der Waals surface area (Å²) in [6.45, 7) is 0. The van der Waals surface area contributed by atoms with Crippen LogP contribution in [-0.4, -0.2) is 26.2 Å². The molecule has 2 aromatic heterocycles. The maximum atomic E-state index is 14.1. The minimum atomic E-state index is -1.31. The van der Waals surface area contributed by atoms with Crippen LogP contribution in [0.3, 0.4) is 0 Å². The third kappa shape index (κ3) is 3.18. The van der Waals surface area contributed by atoms with Crippen LogP contribution in [-0.2, 0) is 11.0 Å². The molecule has 1 unspecified atom stereocenters. The summed E-state index contributed by atoms with van der Waals surface area (Å²) < 4.78 is 28.7. The highest BCUT2D eigenvalue weighted by atomic mass is 79.9. The molecule has 2 heterocycles. The topological polar surface area (TPSA) is 74.8 Å². The van der Waals surface area contributed by atoms with E-state index in [2.05, 4.69) is 30.6 Å². The molecule has 0 saturated carbocycles. The molecule has 0 aliphatic rings. The largest absolute Gasteiger partial charge is 0.345 e. The van der Waals surface area contributed by atoms with Gasteiger partial charge in [-0.15, -0.1) is 0 Å². The van der Waals surface area contributed by atoms with Crippen molar-refractivity contribution in [3.63, 3.8) is 0 Å². The molecule has 3 aromatic rings. The fourth-order valence-corrected chi connectivity index (χ4v) is 3.03. The molecule has 0 radical (unpaired) electrons. The molecule has 2 N–H and O–H groups in total. The first-order valence-corrected chi connectivity index (χ1v) is 8.88. The number of fused-ring (bicyclic) bond motifs is 1. The zero-order valence-electron chi connectivity index (χ0n) is 11.9. The van der Waals surface area contributed by atoms with E-state index in [0.717, 1.165) is 4.47 Å².